The molecule has 0 amide bonds. The maximum Gasteiger partial charge on any atom is 0.0506 e. The monoisotopic (exact) mass is 197 g/mol. The maximum absolute atomic E-state index is 5.49. The van der Waals surface area contributed by atoms with Gasteiger partial charge in [0.25, 0.3) is 0 Å². The zero-order valence-corrected chi connectivity index (χ0v) is 9.35. The Balaban J connectivity index is 1.70. The molecule has 1 saturated carbocycles. The highest BCUT2D eigenvalue weighted by atomic mass is 16.5. The molecule has 2 rings (SSSR count). The normalized spacial score (nSPS) is 31.9. The first kappa shape index (κ1) is 10.4. The second-order valence-electron chi connectivity index (χ2n) is 5.23. The van der Waals surface area contributed by atoms with Gasteiger partial charge in [-0.2, -0.15) is 0 Å². The Labute approximate surface area is 87.4 Å². The second-order valence-corrected chi connectivity index (χ2v) is 5.23. The van der Waals surface area contributed by atoms with Crippen molar-refractivity contribution in [2.45, 2.75) is 51.0 Å². The molecule has 1 N–H and O–H groups in total. The Morgan fingerprint density at radius 2 is 2.07 bits per heavy atom. The molecule has 2 nitrogen and oxygen atoms in total. The van der Waals surface area contributed by atoms with Crippen LogP contribution >= 0.6 is 0 Å². The van der Waals surface area contributed by atoms with Gasteiger partial charge in [-0.3, -0.25) is 0 Å². The Morgan fingerprint density at radius 3 is 2.71 bits per heavy atom. The van der Waals surface area contributed by atoms with Gasteiger partial charge in [0, 0.05) is 18.7 Å². The summed E-state index contributed by atoms with van der Waals surface area (Å²) >= 11 is 0. The molecule has 2 fully saturated rings. The molecule has 0 spiro atoms. The van der Waals surface area contributed by atoms with Crippen LogP contribution in [0.4, 0.5) is 0 Å². The fraction of sp³-hybridized carbons (Fsp3) is 1.00. The van der Waals surface area contributed by atoms with E-state index >= 15 is 0 Å². The van der Waals surface area contributed by atoms with Gasteiger partial charge in [0.1, 0.15) is 0 Å². The van der Waals surface area contributed by atoms with Crippen molar-refractivity contribution in [3.8, 4) is 0 Å². The minimum Gasteiger partial charge on any atom is -0.381 e. The van der Waals surface area contributed by atoms with Crippen molar-refractivity contribution in [2.24, 2.45) is 5.92 Å². The second kappa shape index (κ2) is 4.63. The van der Waals surface area contributed by atoms with Gasteiger partial charge in [-0.25, -0.2) is 0 Å². The van der Waals surface area contributed by atoms with Gasteiger partial charge >= 0.3 is 0 Å². The third-order valence-electron chi connectivity index (χ3n) is 3.78. The van der Waals surface area contributed by atoms with Crippen LogP contribution in [0.15, 0.2) is 0 Å². The Morgan fingerprint density at radius 1 is 1.29 bits per heavy atom. The van der Waals surface area contributed by atoms with E-state index in [2.05, 4.69) is 12.2 Å². The summed E-state index contributed by atoms with van der Waals surface area (Å²) < 4.78 is 5.49. The van der Waals surface area contributed by atoms with Crippen LogP contribution in [0.5, 0.6) is 0 Å². The molecule has 14 heavy (non-hydrogen) atoms. The van der Waals surface area contributed by atoms with Crippen LogP contribution in [0.2, 0.25) is 0 Å². The van der Waals surface area contributed by atoms with Crippen molar-refractivity contribution in [1.29, 1.82) is 0 Å². The minimum absolute atomic E-state index is 0.442. The first-order chi connectivity index (χ1) is 6.79. The average Bonchev–Trinajstić information content (AvgIpc) is 2.65. The molecule has 0 aromatic rings. The van der Waals surface area contributed by atoms with E-state index in [-0.39, 0.29) is 0 Å². The Bertz CT molecular complexity index is 169. The lowest BCUT2D eigenvalue weighted by atomic mass is 9.97. The molecule has 1 aliphatic heterocycles. The largest absolute Gasteiger partial charge is 0.381 e. The van der Waals surface area contributed by atoms with Gasteiger partial charge in [-0.1, -0.05) is 12.8 Å². The smallest absolute Gasteiger partial charge is 0.0506 e. The van der Waals surface area contributed by atoms with Crippen molar-refractivity contribution >= 4 is 0 Å². The predicted octanol–water partition coefficient (Wildman–Crippen LogP) is 2.34. The number of nitrogens with one attached hydrogen (secondary N) is 1. The molecule has 1 atom stereocenters. The fourth-order valence-corrected chi connectivity index (χ4v) is 2.69. The maximum atomic E-state index is 5.49. The first-order valence-electron chi connectivity index (χ1n) is 6.11. The molecule has 2 heteroatoms. The molecule has 1 aliphatic carbocycles. The standard InChI is InChI=1S/C12H23NO/c1-12(6-2-3-7-12)13-9-11-5-4-8-14-10-11/h11,13H,2-10H2,1H3. The third-order valence-corrected chi connectivity index (χ3v) is 3.78. The summed E-state index contributed by atoms with van der Waals surface area (Å²) in [6, 6.07) is 0. The van der Waals surface area contributed by atoms with E-state index in [1.807, 2.05) is 0 Å². The highest BCUT2D eigenvalue weighted by molar-refractivity contribution is 4.88. The number of ether oxygens (including phenoxy) is 1. The van der Waals surface area contributed by atoms with Crippen molar-refractivity contribution in [3.63, 3.8) is 0 Å². The fourth-order valence-electron chi connectivity index (χ4n) is 2.69. The summed E-state index contributed by atoms with van der Waals surface area (Å²) in [6.07, 6.45) is 8.14. The molecular formula is C12H23NO. The topological polar surface area (TPSA) is 21.3 Å². The molecule has 1 saturated heterocycles. The highest BCUT2D eigenvalue weighted by Gasteiger charge is 2.28. The van der Waals surface area contributed by atoms with Crippen molar-refractivity contribution in [1.82, 2.24) is 5.32 Å². The number of hydrogen-bond donors (Lipinski definition) is 1. The predicted molar refractivity (Wildman–Crippen MR) is 58.4 cm³/mol. The lowest BCUT2D eigenvalue weighted by Gasteiger charge is -2.30. The summed E-state index contributed by atoms with van der Waals surface area (Å²) in [6.45, 7) is 5.50. The zero-order valence-electron chi connectivity index (χ0n) is 9.35. The quantitative estimate of drug-likeness (QED) is 0.750. The molecule has 2 aliphatic rings. The lowest BCUT2D eigenvalue weighted by Crippen LogP contribution is -2.43. The van der Waals surface area contributed by atoms with E-state index < -0.39 is 0 Å². The summed E-state index contributed by atoms with van der Waals surface area (Å²) in [5.41, 5.74) is 0.442. The number of hydrogen-bond acceptors (Lipinski definition) is 2. The minimum atomic E-state index is 0.442. The molecular weight excluding hydrogens is 174 g/mol. The van der Waals surface area contributed by atoms with Gasteiger partial charge in [-0.05, 0) is 38.5 Å². The van der Waals surface area contributed by atoms with Crippen LogP contribution in [0.1, 0.15) is 45.4 Å². The lowest BCUT2D eigenvalue weighted by molar-refractivity contribution is 0.0519. The molecule has 1 heterocycles. The van der Waals surface area contributed by atoms with Crippen molar-refractivity contribution in [3.05, 3.63) is 0 Å². The van der Waals surface area contributed by atoms with Gasteiger partial charge in [0.2, 0.25) is 0 Å². The van der Waals surface area contributed by atoms with Crippen LogP contribution in [-0.2, 0) is 4.74 Å². The van der Waals surface area contributed by atoms with E-state index in [0.717, 1.165) is 25.7 Å². The summed E-state index contributed by atoms with van der Waals surface area (Å²) in [7, 11) is 0. The molecule has 0 bridgehead atoms. The summed E-state index contributed by atoms with van der Waals surface area (Å²) in [5.74, 6) is 0.765. The van der Waals surface area contributed by atoms with Crippen molar-refractivity contribution < 1.29 is 4.74 Å². The van der Waals surface area contributed by atoms with Gasteiger partial charge < -0.3 is 10.1 Å². The summed E-state index contributed by atoms with van der Waals surface area (Å²) in [5, 5.41) is 3.75. The highest BCUT2D eigenvalue weighted by Crippen LogP contribution is 2.29. The van der Waals surface area contributed by atoms with Crippen molar-refractivity contribution in [2.75, 3.05) is 19.8 Å². The van der Waals surface area contributed by atoms with Crippen LogP contribution < -0.4 is 5.32 Å². The van der Waals surface area contributed by atoms with Crippen LogP contribution in [-0.4, -0.2) is 25.3 Å². The van der Waals surface area contributed by atoms with Gasteiger partial charge in [-0.15, -0.1) is 0 Å². The molecule has 0 radical (unpaired) electrons. The van der Waals surface area contributed by atoms with Crippen LogP contribution in [0.25, 0.3) is 0 Å². The summed E-state index contributed by atoms with van der Waals surface area (Å²) in [4.78, 5) is 0. The van der Waals surface area contributed by atoms with E-state index in [1.54, 1.807) is 0 Å². The average molecular weight is 197 g/mol. The third kappa shape index (κ3) is 2.71. The first-order valence-corrected chi connectivity index (χ1v) is 6.11. The molecule has 0 aromatic carbocycles. The van der Waals surface area contributed by atoms with Crippen LogP contribution in [0.3, 0.4) is 0 Å². The molecule has 0 aromatic heterocycles. The van der Waals surface area contributed by atoms with E-state index in [4.69, 9.17) is 4.74 Å². The SMILES string of the molecule is CC1(NCC2CCCOC2)CCCC1. The van der Waals surface area contributed by atoms with E-state index in [9.17, 15) is 0 Å². The Kier molecular flexibility index (Phi) is 3.45. The molecule has 82 valence electrons. The molecule has 1 unspecified atom stereocenters. The van der Waals surface area contributed by atoms with Gasteiger partial charge in [0.15, 0.2) is 0 Å². The Hall–Kier alpha value is -0.0800. The van der Waals surface area contributed by atoms with Crippen LogP contribution in [0, 0.1) is 5.92 Å². The van der Waals surface area contributed by atoms with E-state index in [0.29, 0.717) is 5.54 Å². The zero-order chi connectivity index (χ0) is 9.86. The van der Waals surface area contributed by atoms with Gasteiger partial charge in [0.05, 0.1) is 6.61 Å². The number of rotatable bonds is 3. The van der Waals surface area contributed by atoms with E-state index in [1.165, 1.54) is 38.5 Å².